The molecule has 0 amide bonds. The van der Waals surface area contributed by atoms with Gasteiger partial charge in [-0.3, -0.25) is 23.7 Å². The predicted octanol–water partition coefficient (Wildman–Crippen LogP) is 3.22. The molecule has 1 unspecified atom stereocenters. The summed E-state index contributed by atoms with van der Waals surface area (Å²) in [5.74, 6) is -0.685. The van der Waals surface area contributed by atoms with Gasteiger partial charge >= 0.3 is 5.69 Å². The molecule has 2 heterocycles. The molecule has 5 rings (SSSR count). The van der Waals surface area contributed by atoms with Gasteiger partial charge in [-0.25, -0.2) is 22.0 Å². The van der Waals surface area contributed by atoms with E-state index in [-0.39, 0.29) is 39.2 Å². The molecule has 204 valence electrons. The van der Waals surface area contributed by atoms with Crippen molar-refractivity contribution in [3.05, 3.63) is 94.2 Å². The van der Waals surface area contributed by atoms with Crippen LogP contribution in [0.15, 0.2) is 56.8 Å². The Kier molecular flexibility index (Phi) is 6.97. The number of hydrogen-bond acceptors (Lipinski definition) is 6. The Bertz CT molecular complexity index is 1930. The standard InChI is InChI=1S/C25H22F2IN5O5S/c1-12-20-19(22(32(2)24(12)35)29-18-9-6-14(28)11-17(18)26)23(34)30-25(36)33(20)15-5-3-4-13(10-15)21(27)31-39(37,38)16-7-8-16/h3-6,9-11,16,21,29,31H,7-8H2,1-2H3,(H,30,34,36). The number of rotatable bonds is 7. The summed E-state index contributed by atoms with van der Waals surface area (Å²) in [5.41, 5.74) is -2.31. The zero-order chi connectivity index (χ0) is 28.2. The number of H-pyrrole nitrogens is 1. The fourth-order valence-corrected chi connectivity index (χ4v) is 6.18. The molecule has 4 aromatic rings. The van der Waals surface area contributed by atoms with Crippen molar-refractivity contribution >= 4 is 55.0 Å². The lowest BCUT2D eigenvalue weighted by Crippen LogP contribution is -2.34. The van der Waals surface area contributed by atoms with Gasteiger partial charge in [-0.1, -0.05) is 12.1 Å². The lowest BCUT2D eigenvalue weighted by molar-refractivity contribution is 0.323. The van der Waals surface area contributed by atoms with Crippen molar-refractivity contribution < 1.29 is 17.2 Å². The molecule has 0 aliphatic heterocycles. The fraction of sp³-hybridized carbons (Fsp3) is 0.240. The molecule has 1 fully saturated rings. The predicted molar refractivity (Wildman–Crippen MR) is 151 cm³/mol. The highest BCUT2D eigenvalue weighted by Gasteiger charge is 2.37. The number of sulfonamides is 1. The van der Waals surface area contributed by atoms with Crippen LogP contribution < -0.4 is 26.8 Å². The summed E-state index contributed by atoms with van der Waals surface area (Å²) in [4.78, 5) is 41.6. The molecule has 10 nitrogen and oxygen atoms in total. The summed E-state index contributed by atoms with van der Waals surface area (Å²) in [6, 6.07) is 9.83. The number of anilines is 2. The lowest BCUT2D eigenvalue weighted by Gasteiger charge is -2.19. The normalized spacial score (nSPS) is 14.5. The first kappa shape index (κ1) is 27.2. The molecule has 1 aliphatic rings. The van der Waals surface area contributed by atoms with Crippen LogP contribution in [0.1, 0.15) is 30.3 Å². The topological polar surface area (TPSA) is 135 Å². The van der Waals surface area contributed by atoms with Crippen LogP contribution in [0.4, 0.5) is 20.3 Å². The summed E-state index contributed by atoms with van der Waals surface area (Å²) < 4.78 is 59.0. The first-order valence-corrected chi connectivity index (χ1v) is 14.4. The number of pyridine rings is 1. The van der Waals surface area contributed by atoms with Crippen LogP contribution >= 0.6 is 22.6 Å². The summed E-state index contributed by atoms with van der Waals surface area (Å²) >= 11 is 1.94. The van der Waals surface area contributed by atoms with E-state index in [0.29, 0.717) is 16.4 Å². The van der Waals surface area contributed by atoms with Gasteiger partial charge in [-0.05, 0) is 72.7 Å². The van der Waals surface area contributed by atoms with E-state index in [2.05, 4.69) is 10.3 Å². The Morgan fingerprint density at radius 2 is 1.85 bits per heavy atom. The Morgan fingerprint density at radius 1 is 1.13 bits per heavy atom. The highest BCUT2D eigenvalue weighted by molar-refractivity contribution is 14.1. The minimum absolute atomic E-state index is 0.00191. The van der Waals surface area contributed by atoms with Gasteiger partial charge in [-0.2, -0.15) is 4.72 Å². The number of nitrogens with zero attached hydrogens (tertiary/aromatic N) is 2. The minimum Gasteiger partial charge on any atom is -0.338 e. The summed E-state index contributed by atoms with van der Waals surface area (Å²) in [5, 5.41) is 2.06. The average molecular weight is 669 g/mol. The minimum atomic E-state index is -3.84. The molecule has 0 bridgehead atoms. The van der Waals surface area contributed by atoms with Crippen molar-refractivity contribution in [2.45, 2.75) is 31.3 Å². The smallest absolute Gasteiger partial charge is 0.333 e. The maximum atomic E-state index is 15.0. The molecular weight excluding hydrogens is 647 g/mol. The van der Waals surface area contributed by atoms with Gasteiger partial charge < -0.3 is 5.32 Å². The van der Waals surface area contributed by atoms with Gasteiger partial charge in [0.15, 0.2) is 6.30 Å². The SMILES string of the molecule is Cc1c(=O)n(C)c(Nc2ccc(I)cc2F)c2c(=O)[nH]c(=O)n(-c3cccc(C(F)NS(=O)(=O)C4CC4)c3)c12. The number of fused-ring (bicyclic) bond motifs is 1. The number of alkyl halides is 1. The largest absolute Gasteiger partial charge is 0.338 e. The maximum Gasteiger partial charge on any atom is 0.333 e. The van der Waals surface area contributed by atoms with Gasteiger partial charge in [0, 0.05) is 21.7 Å². The van der Waals surface area contributed by atoms with Gasteiger partial charge in [0.05, 0.1) is 22.1 Å². The van der Waals surface area contributed by atoms with Crippen molar-refractivity contribution in [2.24, 2.45) is 7.05 Å². The molecule has 2 aromatic carbocycles. The molecule has 0 radical (unpaired) electrons. The number of hydrogen-bond donors (Lipinski definition) is 3. The van der Waals surface area contributed by atoms with E-state index < -0.39 is 44.2 Å². The van der Waals surface area contributed by atoms with E-state index in [4.69, 9.17) is 0 Å². The zero-order valence-electron chi connectivity index (χ0n) is 20.6. The Labute approximate surface area is 233 Å². The fourth-order valence-electron chi connectivity index (χ4n) is 4.35. The molecule has 39 heavy (non-hydrogen) atoms. The number of aryl methyl sites for hydroxylation is 1. The average Bonchev–Trinajstić information content (AvgIpc) is 3.73. The van der Waals surface area contributed by atoms with Crippen LogP contribution in [0.3, 0.4) is 0 Å². The molecule has 3 N–H and O–H groups in total. The van der Waals surface area contributed by atoms with E-state index in [0.717, 1.165) is 9.13 Å². The second-order valence-electron chi connectivity index (χ2n) is 9.22. The molecule has 1 atom stereocenters. The van der Waals surface area contributed by atoms with Crippen LogP contribution in [0.25, 0.3) is 16.6 Å². The molecule has 0 spiro atoms. The van der Waals surface area contributed by atoms with E-state index >= 15 is 4.39 Å². The van der Waals surface area contributed by atoms with E-state index in [1.807, 2.05) is 27.3 Å². The molecule has 14 heteroatoms. The molecule has 0 saturated heterocycles. The van der Waals surface area contributed by atoms with Crippen molar-refractivity contribution in [2.75, 3.05) is 5.32 Å². The Hall–Kier alpha value is -3.37. The van der Waals surface area contributed by atoms with Crippen LogP contribution in [0, 0.1) is 16.3 Å². The van der Waals surface area contributed by atoms with Crippen molar-refractivity contribution in [3.63, 3.8) is 0 Å². The highest BCUT2D eigenvalue weighted by Crippen LogP contribution is 2.31. The molecule has 1 saturated carbocycles. The van der Waals surface area contributed by atoms with Crippen LogP contribution in [0.2, 0.25) is 0 Å². The number of nitrogens with one attached hydrogen (secondary N) is 3. The Balaban J connectivity index is 1.71. The highest BCUT2D eigenvalue weighted by atomic mass is 127. The van der Waals surface area contributed by atoms with Gasteiger partial charge in [0.2, 0.25) is 10.0 Å². The van der Waals surface area contributed by atoms with Crippen LogP contribution in [0.5, 0.6) is 0 Å². The van der Waals surface area contributed by atoms with Crippen LogP contribution in [-0.2, 0) is 17.1 Å². The first-order valence-electron chi connectivity index (χ1n) is 11.8. The summed E-state index contributed by atoms with van der Waals surface area (Å²) in [6.45, 7) is 1.43. The zero-order valence-corrected chi connectivity index (χ0v) is 23.6. The van der Waals surface area contributed by atoms with E-state index in [1.165, 1.54) is 50.4 Å². The maximum absolute atomic E-state index is 15.0. The summed E-state index contributed by atoms with van der Waals surface area (Å²) in [7, 11) is -2.44. The van der Waals surface area contributed by atoms with E-state index in [1.54, 1.807) is 6.07 Å². The quantitative estimate of drug-likeness (QED) is 0.205. The second-order valence-corrected chi connectivity index (χ2v) is 12.5. The third kappa shape index (κ3) is 5.03. The van der Waals surface area contributed by atoms with Gasteiger partial charge in [-0.15, -0.1) is 0 Å². The van der Waals surface area contributed by atoms with Gasteiger partial charge in [0.25, 0.3) is 11.1 Å². The third-order valence-electron chi connectivity index (χ3n) is 6.50. The third-order valence-corrected chi connectivity index (χ3v) is 9.06. The molecule has 2 aromatic heterocycles. The van der Waals surface area contributed by atoms with E-state index in [9.17, 15) is 27.2 Å². The monoisotopic (exact) mass is 669 g/mol. The molecular formula is C25H22F2IN5O5S. The van der Waals surface area contributed by atoms with Gasteiger partial charge in [0.1, 0.15) is 17.0 Å². The summed E-state index contributed by atoms with van der Waals surface area (Å²) in [6.07, 6.45) is -1.18. The van der Waals surface area contributed by atoms with Crippen LogP contribution in [-0.4, -0.2) is 27.8 Å². The first-order chi connectivity index (χ1) is 18.4. The number of aromatic nitrogens is 3. The van der Waals surface area contributed by atoms with Crippen molar-refractivity contribution in [3.8, 4) is 5.69 Å². The van der Waals surface area contributed by atoms with Crippen molar-refractivity contribution in [1.82, 2.24) is 18.8 Å². The molecule has 1 aliphatic carbocycles. The lowest BCUT2D eigenvalue weighted by atomic mass is 10.1. The van der Waals surface area contributed by atoms with Crippen molar-refractivity contribution in [1.29, 1.82) is 0 Å². The number of aromatic amines is 1. The Morgan fingerprint density at radius 3 is 2.51 bits per heavy atom. The number of benzene rings is 2. The number of halogens is 3. The second kappa shape index (κ2) is 9.98.